The minimum absolute atomic E-state index is 0.186. The molecule has 3 rings (SSSR count). The molecule has 5 nitrogen and oxygen atoms in total. The molecule has 29 heavy (non-hydrogen) atoms. The first-order valence-electron chi connectivity index (χ1n) is 9.65. The molecule has 0 fully saturated rings. The highest BCUT2D eigenvalue weighted by atomic mass is 16.3. The highest BCUT2D eigenvalue weighted by Gasteiger charge is 2.43. The molecule has 0 atom stereocenters. The van der Waals surface area contributed by atoms with Gasteiger partial charge in [-0.1, -0.05) is 48.5 Å². The summed E-state index contributed by atoms with van der Waals surface area (Å²) >= 11 is 0. The van der Waals surface area contributed by atoms with Crippen LogP contribution in [0.4, 0.5) is 0 Å². The molecular weight excluding hydrogens is 366 g/mol. The number of carbonyl (C=O) groups is 3. The number of carbonyl (C=O) groups excluding carboxylic acids is 3. The second-order valence-corrected chi connectivity index (χ2v) is 7.93. The molecule has 0 unspecified atom stereocenters. The minimum Gasteiger partial charge on any atom is -0.506 e. The number of hydrogen-bond donors (Lipinski definition) is 2. The lowest BCUT2D eigenvalue weighted by molar-refractivity contribution is -0.126. The lowest BCUT2D eigenvalue weighted by atomic mass is 9.70. The summed E-state index contributed by atoms with van der Waals surface area (Å²) in [6.07, 6.45) is 1.67. The van der Waals surface area contributed by atoms with Gasteiger partial charge in [0.2, 0.25) is 0 Å². The molecule has 0 spiro atoms. The van der Waals surface area contributed by atoms with E-state index >= 15 is 0 Å². The molecule has 150 valence electrons. The lowest BCUT2D eigenvalue weighted by Gasteiger charge is -2.32. The van der Waals surface area contributed by atoms with E-state index in [1.54, 1.807) is 19.9 Å². The van der Waals surface area contributed by atoms with Crippen LogP contribution in [0.2, 0.25) is 0 Å². The topological polar surface area (TPSA) is 83.5 Å². The summed E-state index contributed by atoms with van der Waals surface area (Å²) in [6, 6.07) is 15.8. The maximum atomic E-state index is 13.0. The Morgan fingerprint density at radius 3 is 2.31 bits per heavy atom. The molecule has 0 aliphatic heterocycles. The van der Waals surface area contributed by atoms with Crippen molar-refractivity contribution >= 4 is 23.2 Å². The lowest BCUT2D eigenvalue weighted by Crippen LogP contribution is -2.42. The second kappa shape index (κ2) is 8.03. The van der Waals surface area contributed by atoms with Gasteiger partial charge in [-0.25, -0.2) is 0 Å². The first-order chi connectivity index (χ1) is 13.7. The fourth-order valence-corrected chi connectivity index (χ4v) is 3.58. The average molecular weight is 391 g/mol. The van der Waals surface area contributed by atoms with Crippen LogP contribution in [0.1, 0.15) is 43.0 Å². The zero-order valence-corrected chi connectivity index (χ0v) is 16.9. The number of aliphatic hydroxyl groups is 1. The number of aryl methyl sites for hydroxylation is 2. The van der Waals surface area contributed by atoms with Crippen LogP contribution >= 0.6 is 0 Å². The van der Waals surface area contributed by atoms with Crippen molar-refractivity contribution in [3.05, 3.63) is 76.4 Å². The van der Waals surface area contributed by atoms with E-state index in [4.69, 9.17) is 0 Å². The Bertz CT molecular complexity index is 1000. The SMILES string of the molecule is CC(=O)CNC(=O)C1=C(O)c2ccc(CCc3ccccc3)cc2C(C)(C)C1=O. The van der Waals surface area contributed by atoms with Gasteiger partial charge in [-0.2, -0.15) is 0 Å². The number of amides is 1. The smallest absolute Gasteiger partial charge is 0.259 e. The minimum atomic E-state index is -0.965. The molecule has 2 aromatic carbocycles. The van der Waals surface area contributed by atoms with E-state index < -0.39 is 17.1 Å². The van der Waals surface area contributed by atoms with Crippen molar-refractivity contribution in [1.29, 1.82) is 0 Å². The van der Waals surface area contributed by atoms with E-state index in [1.165, 1.54) is 12.5 Å². The van der Waals surface area contributed by atoms with Crippen molar-refractivity contribution in [2.75, 3.05) is 6.54 Å². The third-order valence-electron chi connectivity index (χ3n) is 5.31. The predicted molar refractivity (Wildman–Crippen MR) is 112 cm³/mol. The molecule has 0 bridgehead atoms. The van der Waals surface area contributed by atoms with E-state index in [1.807, 2.05) is 30.3 Å². The number of rotatable bonds is 6. The van der Waals surface area contributed by atoms with Crippen molar-refractivity contribution in [3.8, 4) is 0 Å². The van der Waals surface area contributed by atoms with Crippen LogP contribution in [0.25, 0.3) is 5.76 Å². The first kappa shape index (κ1) is 20.5. The molecule has 0 saturated carbocycles. The summed E-state index contributed by atoms with van der Waals surface area (Å²) in [6.45, 7) is 4.65. The molecule has 0 saturated heterocycles. The van der Waals surface area contributed by atoms with Gasteiger partial charge in [0.25, 0.3) is 5.91 Å². The maximum Gasteiger partial charge on any atom is 0.259 e. The van der Waals surface area contributed by atoms with Crippen LogP contribution in [0.15, 0.2) is 54.1 Å². The number of Topliss-reactive ketones (excluding diaryl/α,β-unsaturated/α-hetero) is 2. The van der Waals surface area contributed by atoms with Gasteiger partial charge in [-0.05, 0) is 50.3 Å². The summed E-state index contributed by atoms with van der Waals surface area (Å²) in [5.74, 6) is -1.75. The average Bonchev–Trinajstić information content (AvgIpc) is 2.70. The van der Waals surface area contributed by atoms with Crippen LogP contribution in [-0.4, -0.2) is 29.1 Å². The Balaban J connectivity index is 1.93. The number of hydrogen-bond acceptors (Lipinski definition) is 4. The summed E-state index contributed by atoms with van der Waals surface area (Å²) in [5.41, 5.74) is 2.21. The van der Waals surface area contributed by atoms with Gasteiger partial charge in [0.1, 0.15) is 17.1 Å². The van der Waals surface area contributed by atoms with Gasteiger partial charge >= 0.3 is 0 Å². The summed E-state index contributed by atoms with van der Waals surface area (Å²) in [4.78, 5) is 36.6. The summed E-state index contributed by atoms with van der Waals surface area (Å²) < 4.78 is 0. The van der Waals surface area contributed by atoms with Gasteiger partial charge in [-0.3, -0.25) is 14.4 Å². The van der Waals surface area contributed by atoms with Crippen molar-refractivity contribution in [2.24, 2.45) is 0 Å². The molecule has 2 aromatic rings. The van der Waals surface area contributed by atoms with Crippen molar-refractivity contribution < 1.29 is 19.5 Å². The monoisotopic (exact) mass is 391 g/mol. The van der Waals surface area contributed by atoms with E-state index in [0.29, 0.717) is 11.1 Å². The maximum absolute atomic E-state index is 13.0. The third kappa shape index (κ3) is 4.14. The summed E-state index contributed by atoms with van der Waals surface area (Å²) in [7, 11) is 0. The Hall–Kier alpha value is -3.21. The second-order valence-electron chi connectivity index (χ2n) is 7.93. The molecular formula is C24H25NO4. The van der Waals surface area contributed by atoms with Crippen LogP contribution < -0.4 is 5.32 Å². The summed E-state index contributed by atoms with van der Waals surface area (Å²) in [5, 5.41) is 13.1. The van der Waals surface area contributed by atoms with E-state index in [2.05, 4.69) is 17.4 Å². The Labute approximate surface area is 170 Å². The molecule has 5 heteroatoms. The quantitative estimate of drug-likeness (QED) is 0.740. The zero-order valence-electron chi connectivity index (χ0n) is 16.9. The highest BCUT2D eigenvalue weighted by Crippen LogP contribution is 2.40. The fourth-order valence-electron chi connectivity index (χ4n) is 3.58. The number of benzene rings is 2. The van der Waals surface area contributed by atoms with Gasteiger partial charge < -0.3 is 10.4 Å². The molecule has 2 N–H and O–H groups in total. The Morgan fingerprint density at radius 2 is 1.66 bits per heavy atom. The van der Waals surface area contributed by atoms with Crippen LogP contribution in [0.3, 0.4) is 0 Å². The number of nitrogens with one attached hydrogen (secondary N) is 1. The first-order valence-corrected chi connectivity index (χ1v) is 9.65. The molecule has 0 heterocycles. The fraction of sp³-hybridized carbons (Fsp3) is 0.292. The van der Waals surface area contributed by atoms with Crippen molar-refractivity contribution in [1.82, 2.24) is 5.32 Å². The highest BCUT2D eigenvalue weighted by molar-refractivity contribution is 6.28. The van der Waals surface area contributed by atoms with E-state index in [9.17, 15) is 19.5 Å². The van der Waals surface area contributed by atoms with Gasteiger partial charge in [0, 0.05) is 5.56 Å². The molecule has 0 radical (unpaired) electrons. The number of aliphatic hydroxyl groups excluding tert-OH is 1. The number of ketones is 2. The van der Waals surface area contributed by atoms with Gasteiger partial charge in [0.05, 0.1) is 12.0 Å². The van der Waals surface area contributed by atoms with E-state index in [-0.39, 0.29) is 23.7 Å². The predicted octanol–water partition coefficient (Wildman–Crippen LogP) is 3.31. The van der Waals surface area contributed by atoms with Crippen LogP contribution in [-0.2, 0) is 32.6 Å². The molecule has 1 aliphatic rings. The largest absolute Gasteiger partial charge is 0.506 e. The number of fused-ring (bicyclic) bond motifs is 1. The standard InChI is InChI=1S/C24H25NO4/c1-15(26)14-25-23(29)20-21(27)18-12-11-17(10-9-16-7-5-4-6-8-16)13-19(18)24(2,3)22(20)28/h4-8,11-13,27H,9-10,14H2,1-3H3,(H,25,29). The van der Waals surface area contributed by atoms with Gasteiger partial charge in [-0.15, -0.1) is 0 Å². The van der Waals surface area contributed by atoms with Crippen molar-refractivity contribution in [3.63, 3.8) is 0 Å². The van der Waals surface area contributed by atoms with Crippen LogP contribution in [0.5, 0.6) is 0 Å². The van der Waals surface area contributed by atoms with E-state index in [0.717, 1.165) is 18.4 Å². The molecule has 1 aliphatic carbocycles. The molecule has 0 aromatic heterocycles. The molecule has 1 amide bonds. The Kier molecular flexibility index (Phi) is 5.69. The van der Waals surface area contributed by atoms with Gasteiger partial charge in [0.15, 0.2) is 5.78 Å². The normalized spacial score (nSPS) is 15.1. The third-order valence-corrected chi connectivity index (χ3v) is 5.31. The zero-order chi connectivity index (χ0) is 21.2. The Morgan fingerprint density at radius 1 is 1.00 bits per heavy atom. The van der Waals surface area contributed by atoms with Crippen LogP contribution in [0, 0.1) is 0 Å². The van der Waals surface area contributed by atoms with Crippen molar-refractivity contribution in [2.45, 2.75) is 39.0 Å².